The summed E-state index contributed by atoms with van der Waals surface area (Å²) in [6, 6.07) is 8.19. The monoisotopic (exact) mass is 411 g/mol. The predicted octanol–water partition coefficient (Wildman–Crippen LogP) is 0.795. The van der Waals surface area contributed by atoms with Crippen molar-refractivity contribution >= 4 is 39.4 Å². The van der Waals surface area contributed by atoms with Crippen LogP contribution in [0.4, 0.5) is 4.79 Å². The molecule has 3 rings (SSSR count). The average molecular weight is 412 g/mol. The molecule has 2 N–H and O–H groups in total. The van der Waals surface area contributed by atoms with Crippen LogP contribution in [0.5, 0.6) is 0 Å². The maximum Gasteiger partial charge on any atom is 0.344 e. The number of urea groups is 1. The van der Waals surface area contributed by atoms with Crippen molar-refractivity contribution in [1.82, 2.24) is 15.8 Å². The zero-order valence-electron chi connectivity index (χ0n) is 14.8. The fourth-order valence-electron chi connectivity index (χ4n) is 3.28. The van der Waals surface area contributed by atoms with Crippen LogP contribution in [0.15, 0.2) is 30.3 Å². The Hall–Kier alpha value is -2.07. The quantitative estimate of drug-likeness (QED) is 0.670. The van der Waals surface area contributed by atoms with Gasteiger partial charge in [0.1, 0.15) is 5.54 Å². The van der Waals surface area contributed by atoms with Crippen LogP contribution in [-0.2, 0) is 25.0 Å². The van der Waals surface area contributed by atoms with E-state index in [0.29, 0.717) is 23.4 Å². The molecule has 1 aromatic carbocycles. The molecule has 146 valence electrons. The number of benzene rings is 1. The highest BCUT2D eigenvalue weighted by Gasteiger charge is 2.52. The molecular formula is C17H21N3O5S2. The Balaban J connectivity index is 1.64. The Bertz CT molecular complexity index is 859. The number of nitrogens with one attached hydrogen (secondary N) is 2. The van der Waals surface area contributed by atoms with E-state index in [9.17, 15) is 22.8 Å². The van der Waals surface area contributed by atoms with E-state index in [1.807, 2.05) is 6.07 Å². The van der Waals surface area contributed by atoms with Crippen LogP contribution in [0, 0.1) is 0 Å². The number of hydrazine groups is 1. The summed E-state index contributed by atoms with van der Waals surface area (Å²) in [5.41, 5.74) is 1.78. The van der Waals surface area contributed by atoms with Gasteiger partial charge in [0, 0.05) is 5.25 Å². The van der Waals surface area contributed by atoms with Gasteiger partial charge in [0.25, 0.3) is 5.91 Å². The molecule has 0 aromatic heterocycles. The topological polar surface area (TPSA) is 113 Å². The van der Waals surface area contributed by atoms with Gasteiger partial charge in [-0.15, -0.1) is 11.8 Å². The Morgan fingerprint density at radius 3 is 2.63 bits per heavy atom. The van der Waals surface area contributed by atoms with Crippen molar-refractivity contribution in [3.8, 4) is 0 Å². The van der Waals surface area contributed by atoms with Gasteiger partial charge in [-0.3, -0.25) is 15.0 Å². The first-order chi connectivity index (χ1) is 12.8. The molecule has 0 unspecified atom stereocenters. The third kappa shape index (κ3) is 3.96. The van der Waals surface area contributed by atoms with Gasteiger partial charge in [-0.05, 0) is 18.4 Å². The molecular weight excluding hydrogens is 390 g/mol. The standard InChI is InChI=1S/C17H21N3O5S2/c1-2-17(12-6-4-3-5-7-12)15(22)20(16(23)18-17)19-14(21)10-26-13-8-9-27(24,25)11-13/h3-7,13H,2,8-11H2,1H3,(H,18,23)(H,19,21)/t13-,17+/m1/s1. The summed E-state index contributed by atoms with van der Waals surface area (Å²) in [5.74, 6) is -0.895. The highest BCUT2D eigenvalue weighted by atomic mass is 32.2. The van der Waals surface area contributed by atoms with E-state index in [4.69, 9.17) is 0 Å². The second kappa shape index (κ2) is 7.51. The number of amides is 4. The summed E-state index contributed by atoms with van der Waals surface area (Å²) >= 11 is 1.22. The lowest BCUT2D eigenvalue weighted by Crippen LogP contribution is -2.49. The zero-order valence-corrected chi connectivity index (χ0v) is 16.4. The lowest BCUT2D eigenvalue weighted by Gasteiger charge is -2.25. The fraction of sp³-hybridized carbons (Fsp3) is 0.471. The molecule has 4 amide bonds. The molecule has 2 fully saturated rings. The number of imide groups is 1. The van der Waals surface area contributed by atoms with Crippen LogP contribution < -0.4 is 10.7 Å². The van der Waals surface area contributed by atoms with Gasteiger partial charge in [-0.1, -0.05) is 37.3 Å². The molecule has 2 heterocycles. The smallest absolute Gasteiger partial charge is 0.318 e. The number of hydrogen-bond donors (Lipinski definition) is 2. The number of nitrogens with zero attached hydrogens (tertiary/aromatic N) is 1. The Kier molecular flexibility index (Phi) is 5.48. The largest absolute Gasteiger partial charge is 0.344 e. The van der Waals surface area contributed by atoms with Crippen LogP contribution in [0.25, 0.3) is 0 Å². The van der Waals surface area contributed by atoms with Crippen molar-refractivity contribution < 1.29 is 22.8 Å². The van der Waals surface area contributed by atoms with Gasteiger partial charge in [0.2, 0.25) is 5.91 Å². The molecule has 1 aromatic rings. The maximum absolute atomic E-state index is 12.9. The molecule has 0 radical (unpaired) electrons. The average Bonchev–Trinajstić information content (AvgIpc) is 3.12. The molecule has 10 heteroatoms. The van der Waals surface area contributed by atoms with E-state index < -0.39 is 33.2 Å². The second-order valence-electron chi connectivity index (χ2n) is 6.57. The van der Waals surface area contributed by atoms with E-state index in [0.717, 1.165) is 0 Å². The molecule has 0 saturated carbocycles. The molecule has 8 nitrogen and oxygen atoms in total. The molecule has 0 spiro atoms. The third-order valence-electron chi connectivity index (χ3n) is 4.77. The number of hydrogen-bond acceptors (Lipinski definition) is 6. The van der Waals surface area contributed by atoms with Crippen LogP contribution in [0.3, 0.4) is 0 Å². The first-order valence-corrected chi connectivity index (χ1v) is 11.5. The summed E-state index contributed by atoms with van der Waals surface area (Å²) in [6.07, 6.45) is 0.846. The Morgan fingerprint density at radius 2 is 2.04 bits per heavy atom. The van der Waals surface area contributed by atoms with Crippen molar-refractivity contribution in [2.75, 3.05) is 17.3 Å². The van der Waals surface area contributed by atoms with E-state index in [-0.39, 0.29) is 22.5 Å². The summed E-state index contributed by atoms with van der Waals surface area (Å²) in [6.45, 7) is 1.78. The number of thioether (sulfide) groups is 1. The van der Waals surface area contributed by atoms with Crippen molar-refractivity contribution in [1.29, 1.82) is 0 Å². The lowest BCUT2D eigenvalue weighted by atomic mass is 9.87. The first kappa shape index (κ1) is 19.7. The van der Waals surface area contributed by atoms with Crippen LogP contribution >= 0.6 is 11.8 Å². The number of sulfone groups is 1. The van der Waals surface area contributed by atoms with E-state index in [2.05, 4.69) is 10.7 Å². The second-order valence-corrected chi connectivity index (χ2v) is 10.1. The normalized spacial score (nSPS) is 26.9. The Morgan fingerprint density at radius 1 is 1.33 bits per heavy atom. The molecule has 2 saturated heterocycles. The van der Waals surface area contributed by atoms with Crippen LogP contribution in [-0.4, -0.2) is 53.8 Å². The minimum atomic E-state index is -3.01. The third-order valence-corrected chi connectivity index (χ3v) is 8.05. The number of rotatable bonds is 6. The van der Waals surface area contributed by atoms with Crippen LogP contribution in [0.2, 0.25) is 0 Å². The number of carbonyl (C=O) groups is 3. The minimum absolute atomic E-state index is 0.0261. The van der Waals surface area contributed by atoms with Crippen molar-refractivity contribution in [3.05, 3.63) is 35.9 Å². The summed E-state index contributed by atoms with van der Waals surface area (Å²) < 4.78 is 22.9. The van der Waals surface area contributed by atoms with Gasteiger partial charge in [0.05, 0.1) is 17.3 Å². The molecule has 27 heavy (non-hydrogen) atoms. The highest BCUT2D eigenvalue weighted by molar-refractivity contribution is 8.02. The molecule has 0 bridgehead atoms. The van der Waals surface area contributed by atoms with Gasteiger partial charge < -0.3 is 5.32 Å². The summed E-state index contributed by atoms with van der Waals surface area (Å²) in [5, 5.41) is 3.26. The molecule has 0 aliphatic carbocycles. The highest BCUT2D eigenvalue weighted by Crippen LogP contribution is 2.31. The summed E-state index contributed by atoms with van der Waals surface area (Å²) in [4.78, 5) is 37.4. The SMILES string of the molecule is CC[C@@]1(c2ccccc2)NC(=O)N(NC(=O)CS[C@@H]2CCS(=O)(=O)C2)C1=O. The van der Waals surface area contributed by atoms with Gasteiger partial charge in [-0.2, -0.15) is 5.01 Å². The van der Waals surface area contributed by atoms with E-state index in [1.165, 1.54) is 11.8 Å². The Labute approximate surface area is 161 Å². The first-order valence-electron chi connectivity index (χ1n) is 8.61. The lowest BCUT2D eigenvalue weighted by molar-refractivity contribution is -0.138. The van der Waals surface area contributed by atoms with Gasteiger partial charge in [-0.25, -0.2) is 13.2 Å². The molecule has 2 atom stereocenters. The van der Waals surface area contributed by atoms with Crippen LogP contribution in [0.1, 0.15) is 25.3 Å². The summed E-state index contributed by atoms with van der Waals surface area (Å²) in [7, 11) is -3.01. The molecule has 2 aliphatic rings. The zero-order chi connectivity index (χ0) is 19.7. The fourth-order valence-corrected chi connectivity index (χ4v) is 6.72. The van der Waals surface area contributed by atoms with E-state index >= 15 is 0 Å². The van der Waals surface area contributed by atoms with Crippen molar-refractivity contribution in [2.45, 2.75) is 30.6 Å². The van der Waals surface area contributed by atoms with Crippen molar-refractivity contribution in [3.63, 3.8) is 0 Å². The van der Waals surface area contributed by atoms with Crippen molar-refractivity contribution in [2.24, 2.45) is 0 Å². The van der Waals surface area contributed by atoms with Gasteiger partial charge >= 0.3 is 6.03 Å². The minimum Gasteiger partial charge on any atom is -0.318 e. The molecule has 2 aliphatic heterocycles. The maximum atomic E-state index is 12.9. The van der Waals surface area contributed by atoms with E-state index in [1.54, 1.807) is 31.2 Å². The number of carbonyl (C=O) groups excluding carboxylic acids is 3. The predicted molar refractivity (Wildman–Crippen MR) is 101 cm³/mol. The van der Waals surface area contributed by atoms with Gasteiger partial charge in [0.15, 0.2) is 9.84 Å².